The smallest absolute Gasteiger partial charge is 0.227 e. The Labute approximate surface area is 255 Å². The van der Waals surface area contributed by atoms with Gasteiger partial charge in [0.15, 0.2) is 12.2 Å². The maximum atomic E-state index is 6.40. The topological polar surface area (TPSA) is 42.3 Å². The predicted octanol–water partition coefficient (Wildman–Crippen LogP) is 8.77. The van der Waals surface area contributed by atoms with Gasteiger partial charge in [-0.15, -0.1) is 0 Å². The van der Waals surface area contributed by atoms with E-state index in [9.17, 15) is 0 Å². The fourth-order valence-corrected chi connectivity index (χ4v) is 9.15. The van der Waals surface area contributed by atoms with Crippen molar-refractivity contribution in [2.45, 2.75) is 70.6 Å². The first-order valence-corrected chi connectivity index (χ1v) is 19.0. The quantitative estimate of drug-likeness (QED) is 0.158. The van der Waals surface area contributed by atoms with Gasteiger partial charge in [0, 0.05) is 51.0 Å². The summed E-state index contributed by atoms with van der Waals surface area (Å²) in [6.07, 6.45) is 8.84. The van der Waals surface area contributed by atoms with E-state index >= 15 is 0 Å². The maximum absolute atomic E-state index is 6.40. The lowest BCUT2D eigenvalue weighted by atomic mass is 9.77. The zero-order valence-corrected chi connectivity index (χ0v) is 26.9. The van der Waals surface area contributed by atoms with E-state index < -0.39 is 8.07 Å². The number of fused-ring (bicyclic) bond motifs is 11. The lowest BCUT2D eigenvalue weighted by Gasteiger charge is -2.33. The summed E-state index contributed by atoms with van der Waals surface area (Å²) in [4.78, 5) is 9.67. The van der Waals surface area contributed by atoms with Gasteiger partial charge in [0.1, 0.15) is 5.58 Å². The van der Waals surface area contributed by atoms with E-state index in [1.165, 1.54) is 27.9 Å². The zero-order chi connectivity index (χ0) is 30.0. The molecule has 0 saturated heterocycles. The third-order valence-electron chi connectivity index (χ3n) is 9.44. The Kier molecular flexibility index (Phi) is 6.62. The van der Waals surface area contributed by atoms with Gasteiger partial charge in [0.05, 0.1) is 20.2 Å². The van der Waals surface area contributed by atoms with Crippen LogP contribution in [-0.2, 0) is 6.42 Å². The molecule has 4 nitrogen and oxygen atoms in total. The summed E-state index contributed by atoms with van der Waals surface area (Å²) in [6, 6.07) is 20.2. The summed E-state index contributed by atoms with van der Waals surface area (Å²) in [7, 11) is -1.61. The molecule has 2 aliphatic heterocycles. The number of aryl methyl sites for hydroxylation is 1. The Bertz CT molecular complexity index is 1970. The van der Waals surface area contributed by atoms with Crippen LogP contribution < -0.4 is 9.75 Å². The number of allylic oxidation sites excluding steroid dienone is 2. The SMILES string of the molecule is C=CC1=NC(=C)CC2C(CCc3ccc4c(oc5ncccc54)c31)c1ccccc1-c1cc(C(C)C)c([Si](C)(C)C)c[n+]12. The molecule has 43 heavy (non-hydrogen) atoms. The number of hydrogen-bond donors (Lipinski definition) is 0. The molecule has 3 aromatic heterocycles. The van der Waals surface area contributed by atoms with Crippen LogP contribution in [-0.4, -0.2) is 18.8 Å². The standard InChI is InChI=1S/C38H40N3OSi/c1-8-32-36-25(16-18-29-30-14-11-19-39-38(30)42-37(29)36)15-17-28-26-12-9-10-13-27(26)34-21-31(23(2)3)35(43(5,6)7)22-41(34)33(28)20-24(4)40-32/h8-14,16,18-19,21-23,28,33H,1,4,15,17,20H2,2-3,5-7H3/q+1. The number of aliphatic imine (C=N–C) groups is 1. The van der Waals surface area contributed by atoms with E-state index in [1.54, 1.807) is 11.4 Å². The molecule has 5 aromatic rings. The van der Waals surface area contributed by atoms with Gasteiger partial charge in [-0.1, -0.05) is 77.0 Å². The van der Waals surface area contributed by atoms with Crippen LogP contribution >= 0.6 is 0 Å². The third-order valence-corrected chi connectivity index (χ3v) is 11.5. The van der Waals surface area contributed by atoms with Gasteiger partial charge in [-0.25, -0.2) is 4.98 Å². The highest BCUT2D eigenvalue weighted by molar-refractivity contribution is 6.89. The average Bonchev–Trinajstić information content (AvgIpc) is 3.37. The van der Waals surface area contributed by atoms with E-state index in [0.29, 0.717) is 17.5 Å². The molecule has 7 rings (SSSR count). The maximum Gasteiger partial charge on any atom is 0.227 e. The van der Waals surface area contributed by atoms with Crippen LogP contribution in [0.25, 0.3) is 33.3 Å². The molecule has 0 amide bonds. The van der Waals surface area contributed by atoms with Crippen molar-refractivity contribution in [1.29, 1.82) is 0 Å². The molecule has 5 heterocycles. The van der Waals surface area contributed by atoms with Gasteiger partial charge in [-0.3, -0.25) is 4.99 Å². The molecule has 216 valence electrons. The molecular weight excluding hydrogens is 543 g/mol. The van der Waals surface area contributed by atoms with Crippen LogP contribution in [0.1, 0.15) is 66.8 Å². The van der Waals surface area contributed by atoms with Crippen LogP contribution in [0.4, 0.5) is 0 Å². The Balaban J connectivity index is 1.44. The molecule has 5 heteroatoms. The van der Waals surface area contributed by atoms with Crippen molar-refractivity contribution in [1.82, 2.24) is 4.98 Å². The lowest BCUT2D eigenvalue weighted by Crippen LogP contribution is -2.54. The minimum atomic E-state index is -1.61. The summed E-state index contributed by atoms with van der Waals surface area (Å²) >= 11 is 0. The van der Waals surface area contributed by atoms with Gasteiger partial charge in [-0.05, 0) is 59.7 Å². The molecule has 0 bridgehead atoms. The molecule has 0 saturated carbocycles. The van der Waals surface area contributed by atoms with Gasteiger partial charge in [0.2, 0.25) is 11.4 Å². The molecule has 2 atom stereocenters. The largest absolute Gasteiger partial charge is 0.437 e. The van der Waals surface area contributed by atoms with Crippen molar-refractivity contribution in [3.8, 4) is 11.3 Å². The van der Waals surface area contributed by atoms with Crippen LogP contribution in [0.3, 0.4) is 0 Å². The van der Waals surface area contributed by atoms with E-state index in [0.717, 1.165) is 52.6 Å². The van der Waals surface area contributed by atoms with Gasteiger partial charge < -0.3 is 4.42 Å². The van der Waals surface area contributed by atoms with Crippen molar-refractivity contribution in [3.63, 3.8) is 0 Å². The number of benzene rings is 2. The van der Waals surface area contributed by atoms with Crippen molar-refractivity contribution in [2.75, 3.05) is 0 Å². The molecule has 0 aliphatic carbocycles. The number of furan rings is 1. The third kappa shape index (κ3) is 4.53. The van der Waals surface area contributed by atoms with E-state index in [2.05, 4.69) is 111 Å². The summed E-state index contributed by atoms with van der Waals surface area (Å²) in [6.45, 7) is 20.8. The second-order valence-electron chi connectivity index (χ2n) is 13.5. The molecule has 2 aromatic carbocycles. The molecular formula is C38H40N3OSi+. The summed E-state index contributed by atoms with van der Waals surface area (Å²) in [5.41, 5.74) is 11.0. The van der Waals surface area contributed by atoms with Gasteiger partial charge >= 0.3 is 0 Å². The minimum Gasteiger partial charge on any atom is -0.437 e. The molecule has 0 radical (unpaired) electrons. The Hall–Kier alpha value is -4.09. The van der Waals surface area contributed by atoms with Crippen LogP contribution in [0.15, 0.2) is 101 Å². The Morgan fingerprint density at radius 3 is 2.63 bits per heavy atom. The fraction of sp³-hybridized carbons (Fsp3) is 0.289. The highest BCUT2D eigenvalue weighted by Crippen LogP contribution is 2.44. The van der Waals surface area contributed by atoms with Crippen molar-refractivity contribution in [2.24, 2.45) is 4.99 Å². The van der Waals surface area contributed by atoms with E-state index in [-0.39, 0.29) is 6.04 Å². The number of nitrogens with zero attached hydrogens (tertiary/aromatic N) is 3. The molecule has 0 N–H and O–H groups in total. The van der Waals surface area contributed by atoms with Crippen molar-refractivity contribution >= 4 is 41.0 Å². The summed E-state index contributed by atoms with van der Waals surface area (Å²) < 4.78 is 9.00. The summed E-state index contributed by atoms with van der Waals surface area (Å²) in [5, 5.41) is 3.63. The molecule has 0 fully saturated rings. The van der Waals surface area contributed by atoms with Gasteiger partial charge in [0.25, 0.3) is 0 Å². The van der Waals surface area contributed by atoms with Crippen molar-refractivity contribution in [3.05, 3.63) is 114 Å². The monoisotopic (exact) mass is 582 g/mol. The molecule has 0 spiro atoms. The van der Waals surface area contributed by atoms with Crippen LogP contribution in [0.5, 0.6) is 0 Å². The second-order valence-corrected chi connectivity index (χ2v) is 18.6. The normalized spacial score (nSPS) is 18.6. The summed E-state index contributed by atoms with van der Waals surface area (Å²) in [5.74, 6) is 0.796. The van der Waals surface area contributed by atoms with Crippen molar-refractivity contribution < 1.29 is 8.98 Å². The lowest BCUT2D eigenvalue weighted by molar-refractivity contribution is -0.717. The highest BCUT2D eigenvalue weighted by Gasteiger charge is 2.42. The van der Waals surface area contributed by atoms with E-state index in [4.69, 9.17) is 9.41 Å². The Morgan fingerprint density at radius 2 is 1.86 bits per heavy atom. The first kappa shape index (κ1) is 27.7. The minimum absolute atomic E-state index is 0.226. The number of pyridine rings is 2. The second kappa shape index (κ2) is 10.3. The van der Waals surface area contributed by atoms with Crippen LogP contribution in [0, 0.1) is 0 Å². The number of aromatic nitrogens is 2. The number of hydrogen-bond acceptors (Lipinski definition) is 3. The molecule has 2 unspecified atom stereocenters. The molecule has 2 aliphatic rings. The zero-order valence-electron chi connectivity index (χ0n) is 25.9. The Morgan fingerprint density at radius 1 is 1.05 bits per heavy atom. The fourth-order valence-electron chi connectivity index (χ4n) is 7.40. The number of rotatable bonds is 3. The first-order valence-electron chi connectivity index (χ1n) is 15.5. The highest BCUT2D eigenvalue weighted by atomic mass is 28.3. The van der Waals surface area contributed by atoms with Gasteiger partial charge in [-0.2, -0.15) is 4.57 Å². The predicted molar refractivity (Wildman–Crippen MR) is 181 cm³/mol. The van der Waals surface area contributed by atoms with Crippen LogP contribution in [0.2, 0.25) is 19.6 Å². The first-order chi connectivity index (χ1) is 20.7. The average molecular weight is 583 g/mol. The van der Waals surface area contributed by atoms with E-state index in [1.807, 2.05) is 12.1 Å².